The second-order valence-corrected chi connectivity index (χ2v) is 7.38. The van der Waals surface area contributed by atoms with Gasteiger partial charge in [0.1, 0.15) is 16.4 Å². The Morgan fingerprint density at radius 1 is 1.19 bits per heavy atom. The maximum Gasteiger partial charge on any atom is 0.261 e. The van der Waals surface area contributed by atoms with Gasteiger partial charge < -0.3 is 15.5 Å². The van der Waals surface area contributed by atoms with E-state index < -0.39 is 0 Å². The number of hydrogen-bond donors (Lipinski definition) is 3. The third kappa shape index (κ3) is 3.82. The van der Waals surface area contributed by atoms with Crippen molar-refractivity contribution in [3.05, 3.63) is 69.7 Å². The van der Waals surface area contributed by atoms with Gasteiger partial charge in [0.15, 0.2) is 0 Å². The van der Waals surface area contributed by atoms with Crippen LogP contribution in [0.2, 0.25) is 5.02 Å². The van der Waals surface area contributed by atoms with Crippen molar-refractivity contribution in [1.82, 2.24) is 15.6 Å². The van der Waals surface area contributed by atoms with E-state index >= 15 is 0 Å². The molecule has 1 saturated carbocycles. The Hall–Kier alpha value is -2.15. The fraction of sp³-hybridized carbons (Fsp3) is 0.211. The van der Waals surface area contributed by atoms with Crippen LogP contribution in [0.4, 0.5) is 0 Å². The minimum Gasteiger partial charge on any atom is -0.457 e. The fourth-order valence-corrected chi connectivity index (χ4v) is 3.73. The van der Waals surface area contributed by atoms with Gasteiger partial charge in [-0.05, 0) is 49.1 Å². The van der Waals surface area contributed by atoms with E-state index in [1.54, 1.807) is 6.07 Å². The van der Waals surface area contributed by atoms with Gasteiger partial charge in [0.05, 0.1) is 5.70 Å². The highest BCUT2D eigenvalue weighted by molar-refractivity contribution is 8.02. The quantitative estimate of drug-likeness (QED) is 0.650. The molecule has 1 aliphatic carbocycles. The van der Waals surface area contributed by atoms with Crippen LogP contribution in [-0.4, -0.2) is 5.91 Å². The zero-order chi connectivity index (χ0) is 17.9. The van der Waals surface area contributed by atoms with Crippen LogP contribution in [0.15, 0.2) is 59.1 Å². The number of hydrogen-bond acceptors (Lipinski definition) is 5. The second-order valence-electron chi connectivity index (χ2n) is 6.16. The van der Waals surface area contributed by atoms with E-state index in [1.165, 1.54) is 11.9 Å². The zero-order valence-corrected chi connectivity index (χ0v) is 15.5. The lowest BCUT2D eigenvalue weighted by Gasteiger charge is -2.14. The lowest BCUT2D eigenvalue weighted by atomic mass is 10.2. The van der Waals surface area contributed by atoms with E-state index in [-0.39, 0.29) is 5.91 Å². The molecule has 0 radical (unpaired) electrons. The van der Waals surface area contributed by atoms with Crippen LogP contribution in [0.5, 0.6) is 11.5 Å². The number of carbonyl (C=O) groups excluding carboxylic acids is 1. The average Bonchev–Trinajstić information content (AvgIpc) is 3.38. The molecule has 1 fully saturated rings. The van der Waals surface area contributed by atoms with Gasteiger partial charge in [0, 0.05) is 23.0 Å². The molecule has 1 amide bonds. The number of hydrazine groups is 1. The second kappa shape index (κ2) is 7.61. The first-order valence-corrected chi connectivity index (χ1v) is 9.62. The number of halogens is 1. The summed E-state index contributed by atoms with van der Waals surface area (Å²) in [4.78, 5) is 16.2. The van der Waals surface area contributed by atoms with E-state index in [9.17, 15) is 4.79 Å². The highest BCUT2D eigenvalue weighted by Gasteiger charge is 2.34. The SMILES string of the molecule is O=C(NCc1c(Cl)cccc1Oc1ccccc1)C1=C(C2CC2)NNS1. The highest BCUT2D eigenvalue weighted by atomic mass is 35.5. The molecular weight excluding hydrogens is 370 g/mol. The van der Waals surface area contributed by atoms with Gasteiger partial charge in [-0.15, -0.1) is 0 Å². The van der Waals surface area contributed by atoms with Crippen LogP contribution < -0.4 is 20.3 Å². The molecule has 0 saturated heterocycles. The Balaban J connectivity index is 1.49. The van der Waals surface area contributed by atoms with Gasteiger partial charge in [0.25, 0.3) is 5.91 Å². The molecule has 0 unspecified atom stereocenters. The highest BCUT2D eigenvalue weighted by Crippen LogP contribution is 2.40. The van der Waals surface area contributed by atoms with Gasteiger partial charge in [-0.2, -0.15) is 4.83 Å². The van der Waals surface area contributed by atoms with Crippen LogP contribution in [0.25, 0.3) is 0 Å². The summed E-state index contributed by atoms with van der Waals surface area (Å²) in [5, 5.41) is 3.52. The summed E-state index contributed by atoms with van der Waals surface area (Å²) >= 11 is 7.67. The number of nitrogens with one attached hydrogen (secondary N) is 3. The molecule has 0 bridgehead atoms. The molecule has 0 atom stereocenters. The van der Waals surface area contributed by atoms with E-state index in [2.05, 4.69) is 15.6 Å². The molecule has 0 aromatic heterocycles. The third-order valence-electron chi connectivity index (χ3n) is 4.25. The Morgan fingerprint density at radius 2 is 2.00 bits per heavy atom. The van der Waals surface area contributed by atoms with Gasteiger partial charge in [-0.1, -0.05) is 35.9 Å². The summed E-state index contributed by atoms with van der Waals surface area (Å²) in [6.45, 7) is 0.294. The topological polar surface area (TPSA) is 62.4 Å². The number of ether oxygens (including phenoxy) is 1. The Kier molecular flexibility index (Phi) is 5.06. The maximum atomic E-state index is 12.6. The Labute approximate surface area is 161 Å². The van der Waals surface area contributed by atoms with Crippen molar-refractivity contribution in [1.29, 1.82) is 0 Å². The van der Waals surface area contributed by atoms with Crippen molar-refractivity contribution >= 4 is 29.5 Å². The summed E-state index contributed by atoms with van der Waals surface area (Å²) in [6.07, 6.45) is 2.25. The first-order valence-electron chi connectivity index (χ1n) is 8.43. The lowest BCUT2D eigenvalue weighted by Crippen LogP contribution is -2.25. The summed E-state index contributed by atoms with van der Waals surface area (Å²) in [5.41, 5.74) is 4.83. The Bertz CT molecular complexity index is 853. The van der Waals surface area contributed by atoms with Crippen molar-refractivity contribution in [2.45, 2.75) is 19.4 Å². The molecule has 5 nitrogen and oxygen atoms in total. The minimum absolute atomic E-state index is 0.111. The van der Waals surface area contributed by atoms with Crippen molar-refractivity contribution in [2.75, 3.05) is 0 Å². The lowest BCUT2D eigenvalue weighted by molar-refractivity contribution is -0.117. The average molecular weight is 388 g/mol. The Morgan fingerprint density at radius 3 is 2.77 bits per heavy atom. The molecule has 2 aromatic rings. The molecule has 1 heterocycles. The van der Waals surface area contributed by atoms with E-state index in [4.69, 9.17) is 16.3 Å². The monoisotopic (exact) mass is 387 g/mol. The zero-order valence-electron chi connectivity index (χ0n) is 13.9. The number of benzene rings is 2. The first-order chi connectivity index (χ1) is 12.7. The predicted molar refractivity (Wildman–Crippen MR) is 103 cm³/mol. The maximum absolute atomic E-state index is 12.6. The van der Waals surface area contributed by atoms with Crippen molar-refractivity contribution < 1.29 is 9.53 Å². The summed E-state index contributed by atoms with van der Waals surface area (Å²) in [6, 6.07) is 15.0. The molecule has 2 aromatic carbocycles. The minimum atomic E-state index is -0.111. The molecule has 26 heavy (non-hydrogen) atoms. The number of carbonyl (C=O) groups is 1. The summed E-state index contributed by atoms with van der Waals surface area (Å²) in [7, 11) is 0. The predicted octanol–water partition coefficient (Wildman–Crippen LogP) is 4.13. The van der Waals surface area contributed by atoms with Crippen LogP contribution >= 0.6 is 23.5 Å². The standard InChI is InChI=1S/C19H18ClN3O2S/c20-15-7-4-8-16(25-13-5-2-1-3-6-13)14(15)11-21-19(24)18-17(12-9-10-12)22-23-26-18/h1-8,12,22-23H,9-11H2,(H,21,24). The van der Waals surface area contributed by atoms with Crippen molar-refractivity contribution in [2.24, 2.45) is 5.92 Å². The number of amides is 1. The van der Waals surface area contributed by atoms with Gasteiger partial charge in [-0.25, -0.2) is 0 Å². The van der Waals surface area contributed by atoms with E-state index in [1.807, 2.05) is 42.5 Å². The molecule has 134 valence electrons. The number of rotatable bonds is 6. The molecule has 2 aliphatic rings. The molecule has 1 aliphatic heterocycles. The van der Waals surface area contributed by atoms with Crippen LogP contribution in [0.1, 0.15) is 18.4 Å². The molecule has 4 rings (SSSR count). The summed E-state index contributed by atoms with van der Waals surface area (Å²) < 4.78 is 5.94. The van der Waals surface area contributed by atoms with Crippen molar-refractivity contribution in [3.8, 4) is 11.5 Å². The van der Waals surface area contributed by atoms with Crippen molar-refractivity contribution in [3.63, 3.8) is 0 Å². The van der Waals surface area contributed by atoms with Crippen LogP contribution in [0, 0.1) is 5.92 Å². The van der Waals surface area contributed by atoms with Gasteiger partial charge >= 0.3 is 0 Å². The van der Waals surface area contributed by atoms with Crippen LogP contribution in [0.3, 0.4) is 0 Å². The number of allylic oxidation sites excluding steroid dienone is 1. The van der Waals surface area contributed by atoms with Gasteiger partial charge in [0.2, 0.25) is 0 Å². The largest absolute Gasteiger partial charge is 0.457 e. The van der Waals surface area contributed by atoms with Crippen LogP contribution in [-0.2, 0) is 11.3 Å². The van der Waals surface area contributed by atoms with Gasteiger partial charge in [-0.3, -0.25) is 4.79 Å². The first kappa shape index (κ1) is 17.3. The van der Waals surface area contributed by atoms with E-state index in [0.29, 0.717) is 28.1 Å². The molecule has 3 N–H and O–H groups in total. The molecular formula is C19H18ClN3O2S. The summed E-state index contributed by atoms with van der Waals surface area (Å²) in [5.74, 6) is 1.71. The third-order valence-corrected chi connectivity index (χ3v) is 5.42. The number of para-hydroxylation sites is 1. The smallest absolute Gasteiger partial charge is 0.261 e. The molecule has 7 heteroatoms. The molecule has 0 spiro atoms. The van der Waals surface area contributed by atoms with E-state index in [0.717, 1.165) is 29.9 Å². The fourth-order valence-electron chi connectivity index (χ4n) is 2.74. The normalized spacial score (nSPS) is 16.3.